The number of hydrogen-bond donors (Lipinski definition) is 1. The molecule has 21 heavy (non-hydrogen) atoms. The van der Waals surface area contributed by atoms with Crippen LogP contribution in [0.4, 0.5) is 11.4 Å². The van der Waals surface area contributed by atoms with Crippen molar-refractivity contribution < 1.29 is 4.92 Å². The van der Waals surface area contributed by atoms with E-state index in [1.165, 1.54) is 32.1 Å². The Labute approximate surface area is 132 Å². The van der Waals surface area contributed by atoms with Crippen LogP contribution < -0.4 is 5.32 Å². The number of anilines is 1. The molecular weight excluding hydrogens is 332 g/mol. The second kappa shape index (κ2) is 4.97. The Morgan fingerprint density at radius 3 is 2.81 bits per heavy atom. The highest BCUT2D eigenvalue weighted by atomic mass is 79.9. The van der Waals surface area contributed by atoms with E-state index in [2.05, 4.69) is 21.2 Å². The van der Waals surface area contributed by atoms with Gasteiger partial charge in [-0.3, -0.25) is 10.1 Å². The minimum Gasteiger partial charge on any atom is -0.382 e. The number of fused-ring (bicyclic) bond motifs is 5. The molecule has 4 rings (SSSR count). The van der Waals surface area contributed by atoms with E-state index in [4.69, 9.17) is 0 Å². The van der Waals surface area contributed by atoms with Gasteiger partial charge >= 0.3 is 0 Å². The highest BCUT2D eigenvalue weighted by Crippen LogP contribution is 2.59. The van der Waals surface area contributed by atoms with E-state index >= 15 is 0 Å². The van der Waals surface area contributed by atoms with Crippen LogP contribution in [0.5, 0.6) is 0 Å². The summed E-state index contributed by atoms with van der Waals surface area (Å²) in [6.07, 6.45) is 6.84. The first kappa shape index (κ1) is 13.6. The molecule has 1 aromatic carbocycles. The van der Waals surface area contributed by atoms with Gasteiger partial charge in [-0.25, -0.2) is 0 Å². The zero-order valence-electron chi connectivity index (χ0n) is 11.8. The molecule has 2 bridgehead atoms. The lowest BCUT2D eigenvalue weighted by Crippen LogP contribution is -2.33. The first-order chi connectivity index (χ1) is 10.1. The van der Waals surface area contributed by atoms with Gasteiger partial charge in [0.2, 0.25) is 0 Å². The van der Waals surface area contributed by atoms with Gasteiger partial charge in [-0.2, -0.15) is 0 Å². The second-order valence-electron chi connectivity index (χ2n) is 6.83. The molecule has 1 aromatic rings. The molecule has 0 aromatic heterocycles. The molecule has 0 radical (unpaired) electrons. The number of rotatable bonds is 3. The fourth-order valence-corrected chi connectivity index (χ4v) is 5.58. The molecular formula is C16H19BrN2O2. The van der Waals surface area contributed by atoms with Crippen LogP contribution in [-0.2, 0) is 0 Å². The Morgan fingerprint density at radius 1 is 1.19 bits per heavy atom. The minimum absolute atomic E-state index is 0.141. The van der Waals surface area contributed by atoms with Gasteiger partial charge in [-0.05, 0) is 77.4 Å². The van der Waals surface area contributed by atoms with E-state index < -0.39 is 0 Å². The number of nitro benzene ring substituents is 1. The highest BCUT2D eigenvalue weighted by molar-refractivity contribution is 9.10. The SMILES string of the molecule is O=[N+]([O-])c1cc(NC2CC3CC2C2CCCC32)ccc1Br. The van der Waals surface area contributed by atoms with Crippen LogP contribution in [0.15, 0.2) is 22.7 Å². The van der Waals surface area contributed by atoms with Gasteiger partial charge in [0.05, 0.1) is 9.40 Å². The first-order valence-corrected chi connectivity index (χ1v) is 8.63. The van der Waals surface area contributed by atoms with Crippen molar-refractivity contribution in [2.24, 2.45) is 23.7 Å². The Hall–Kier alpha value is -1.10. The van der Waals surface area contributed by atoms with Crippen molar-refractivity contribution >= 4 is 27.3 Å². The van der Waals surface area contributed by atoms with Crippen LogP contribution in [0.1, 0.15) is 32.1 Å². The van der Waals surface area contributed by atoms with Gasteiger partial charge < -0.3 is 5.32 Å². The standard InChI is InChI=1S/C16H19BrN2O2/c17-14-5-4-10(8-16(14)19(20)21)18-15-7-9-6-13(15)12-3-1-2-11(9)12/h4-5,8-9,11-13,15,18H,1-3,6-7H2. The normalized spacial score (nSPS) is 36.7. The lowest BCUT2D eigenvalue weighted by atomic mass is 9.79. The summed E-state index contributed by atoms with van der Waals surface area (Å²) in [5.41, 5.74) is 1.03. The molecule has 112 valence electrons. The number of benzene rings is 1. The van der Waals surface area contributed by atoms with Gasteiger partial charge in [0.15, 0.2) is 0 Å². The summed E-state index contributed by atoms with van der Waals surface area (Å²) < 4.78 is 0.543. The van der Waals surface area contributed by atoms with Crippen molar-refractivity contribution in [3.05, 3.63) is 32.8 Å². The van der Waals surface area contributed by atoms with E-state index in [0.29, 0.717) is 10.5 Å². The van der Waals surface area contributed by atoms with Gasteiger partial charge in [0.25, 0.3) is 5.69 Å². The summed E-state index contributed by atoms with van der Waals surface area (Å²) in [4.78, 5) is 10.7. The zero-order chi connectivity index (χ0) is 14.6. The molecule has 1 N–H and O–H groups in total. The lowest BCUT2D eigenvalue weighted by molar-refractivity contribution is -0.385. The number of nitrogens with zero attached hydrogens (tertiary/aromatic N) is 1. The molecule has 5 heteroatoms. The van der Waals surface area contributed by atoms with Crippen molar-refractivity contribution in [3.63, 3.8) is 0 Å². The summed E-state index contributed by atoms with van der Waals surface area (Å²) in [5, 5.41) is 14.6. The van der Waals surface area contributed by atoms with Crippen molar-refractivity contribution in [2.75, 3.05) is 5.32 Å². The van der Waals surface area contributed by atoms with Crippen LogP contribution in [0, 0.1) is 33.8 Å². The van der Waals surface area contributed by atoms with Gasteiger partial charge in [0, 0.05) is 17.8 Å². The second-order valence-corrected chi connectivity index (χ2v) is 7.68. The third kappa shape index (κ3) is 2.17. The Kier molecular flexibility index (Phi) is 3.21. The fraction of sp³-hybridized carbons (Fsp3) is 0.625. The molecule has 4 nitrogen and oxygen atoms in total. The molecule has 5 atom stereocenters. The van der Waals surface area contributed by atoms with Gasteiger partial charge in [-0.1, -0.05) is 6.42 Å². The van der Waals surface area contributed by atoms with Crippen LogP contribution in [-0.4, -0.2) is 11.0 Å². The number of halogens is 1. The largest absolute Gasteiger partial charge is 0.382 e. The Morgan fingerprint density at radius 2 is 2.00 bits per heavy atom. The smallest absolute Gasteiger partial charge is 0.285 e. The molecule has 0 saturated heterocycles. The highest BCUT2D eigenvalue weighted by Gasteiger charge is 2.53. The average Bonchev–Trinajstić information content (AvgIpc) is 3.12. The minimum atomic E-state index is -0.330. The van der Waals surface area contributed by atoms with E-state index in [0.717, 1.165) is 29.4 Å². The van der Waals surface area contributed by atoms with Crippen LogP contribution >= 0.6 is 15.9 Å². The van der Waals surface area contributed by atoms with E-state index in [1.807, 2.05) is 6.07 Å². The predicted octanol–water partition coefficient (Wildman–Crippen LogP) is 4.59. The molecule has 0 amide bonds. The number of nitro groups is 1. The zero-order valence-corrected chi connectivity index (χ0v) is 13.4. The van der Waals surface area contributed by atoms with Crippen molar-refractivity contribution in [3.8, 4) is 0 Å². The predicted molar refractivity (Wildman–Crippen MR) is 85.3 cm³/mol. The summed E-state index contributed by atoms with van der Waals surface area (Å²) in [5.74, 6) is 3.56. The van der Waals surface area contributed by atoms with Crippen LogP contribution in [0.3, 0.4) is 0 Å². The lowest BCUT2D eigenvalue weighted by Gasteiger charge is -2.32. The van der Waals surface area contributed by atoms with Crippen LogP contribution in [0.2, 0.25) is 0 Å². The van der Waals surface area contributed by atoms with Gasteiger partial charge in [0.1, 0.15) is 0 Å². The molecule has 0 aliphatic heterocycles. The topological polar surface area (TPSA) is 55.2 Å². The quantitative estimate of drug-likeness (QED) is 0.640. The summed E-state index contributed by atoms with van der Waals surface area (Å²) >= 11 is 3.24. The molecule has 3 aliphatic carbocycles. The Balaban J connectivity index is 1.52. The maximum atomic E-state index is 11.0. The van der Waals surface area contributed by atoms with Gasteiger partial charge in [-0.15, -0.1) is 0 Å². The monoisotopic (exact) mass is 350 g/mol. The number of hydrogen-bond acceptors (Lipinski definition) is 3. The first-order valence-electron chi connectivity index (χ1n) is 7.84. The van der Waals surface area contributed by atoms with Crippen molar-refractivity contribution in [2.45, 2.75) is 38.1 Å². The van der Waals surface area contributed by atoms with E-state index in [1.54, 1.807) is 12.1 Å². The Bertz CT molecular complexity index is 592. The molecule has 3 fully saturated rings. The molecule has 0 spiro atoms. The third-order valence-corrected chi connectivity index (χ3v) is 6.59. The molecule has 0 heterocycles. The molecule has 3 aliphatic rings. The van der Waals surface area contributed by atoms with E-state index in [9.17, 15) is 10.1 Å². The van der Waals surface area contributed by atoms with E-state index in [-0.39, 0.29) is 10.6 Å². The molecule has 5 unspecified atom stereocenters. The maximum absolute atomic E-state index is 11.0. The third-order valence-electron chi connectivity index (χ3n) is 5.92. The summed E-state index contributed by atoms with van der Waals surface area (Å²) in [7, 11) is 0. The maximum Gasteiger partial charge on any atom is 0.285 e. The average molecular weight is 351 g/mol. The summed E-state index contributed by atoms with van der Waals surface area (Å²) in [6, 6.07) is 5.87. The number of nitrogens with one attached hydrogen (secondary N) is 1. The van der Waals surface area contributed by atoms with Crippen LogP contribution in [0.25, 0.3) is 0 Å². The fourth-order valence-electron chi connectivity index (χ4n) is 5.19. The summed E-state index contributed by atoms with van der Waals surface area (Å²) in [6.45, 7) is 0. The molecule has 3 saturated carbocycles. The van der Waals surface area contributed by atoms with Crippen molar-refractivity contribution in [1.29, 1.82) is 0 Å². The van der Waals surface area contributed by atoms with Crippen molar-refractivity contribution in [1.82, 2.24) is 0 Å².